The van der Waals surface area contributed by atoms with Crippen LogP contribution in [0.4, 0.5) is 0 Å². The van der Waals surface area contributed by atoms with E-state index in [-0.39, 0.29) is 5.78 Å². The Morgan fingerprint density at radius 1 is 1.11 bits per heavy atom. The second-order valence-corrected chi connectivity index (χ2v) is 5.88. The van der Waals surface area contributed by atoms with Crippen LogP contribution in [-0.4, -0.2) is 5.78 Å². The van der Waals surface area contributed by atoms with Crippen LogP contribution in [0.5, 0.6) is 0 Å². The molecule has 0 aliphatic rings. The van der Waals surface area contributed by atoms with Crippen molar-refractivity contribution < 1.29 is 4.79 Å². The summed E-state index contributed by atoms with van der Waals surface area (Å²) < 4.78 is 0. The molecule has 0 aliphatic carbocycles. The number of hydrogen-bond donors (Lipinski definition) is 0. The number of carbonyl (C=O) groups excluding carboxylic acids is 1. The van der Waals surface area contributed by atoms with E-state index >= 15 is 0 Å². The molecular weight excluding hydrogens is 299 g/mol. The standard InChI is InChI=1S/C15H12Cl2OS/c1-2-14(18)11-5-3-4-6-15(11)19-10-7-8-12(16)13(17)9-10/h3-9H,2H2,1H3. The Morgan fingerprint density at radius 2 is 1.84 bits per heavy atom. The molecule has 0 spiro atoms. The van der Waals surface area contributed by atoms with Gasteiger partial charge >= 0.3 is 0 Å². The van der Waals surface area contributed by atoms with Gasteiger partial charge < -0.3 is 0 Å². The molecular formula is C15H12Cl2OS. The summed E-state index contributed by atoms with van der Waals surface area (Å²) in [5.41, 5.74) is 0.751. The number of benzene rings is 2. The molecule has 0 radical (unpaired) electrons. The highest BCUT2D eigenvalue weighted by Gasteiger charge is 2.10. The molecule has 1 nitrogen and oxygen atoms in total. The van der Waals surface area contributed by atoms with Gasteiger partial charge in [0.2, 0.25) is 0 Å². The zero-order chi connectivity index (χ0) is 13.8. The number of rotatable bonds is 4. The smallest absolute Gasteiger partial charge is 0.163 e. The highest BCUT2D eigenvalue weighted by molar-refractivity contribution is 7.99. The molecule has 0 unspecified atom stereocenters. The van der Waals surface area contributed by atoms with E-state index in [1.165, 1.54) is 11.8 Å². The van der Waals surface area contributed by atoms with E-state index in [2.05, 4.69) is 0 Å². The summed E-state index contributed by atoms with van der Waals surface area (Å²) in [6.45, 7) is 1.86. The summed E-state index contributed by atoms with van der Waals surface area (Å²) in [6, 6.07) is 13.1. The maximum atomic E-state index is 11.9. The van der Waals surface area contributed by atoms with E-state index in [0.29, 0.717) is 16.5 Å². The van der Waals surface area contributed by atoms with E-state index in [1.807, 2.05) is 43.3 Å². The Labute approximate surface area is 126 Å². The zero-order valence-electron chi connectivity index (χ0n) is 10.3. The summed E-state index contributed by atoms with van der Waals surface area (Å²) in [7, 11) is 0. The van der Waals surface area contributed by atoms with Crippen LogP contribution in [0, 0.1) is 0 Å². The maximum absolute atomic E-state index is 11.9. The van der Waals surface area contributed by atoms with Crippen molar-refractivity contribution in [3.63, 3.8) is 0 Å². The molecule has 19 heavy (non-hydrogen) atoms. The first-order chi connectivity index (χ1) is 9.11. The fourth-order valence-electron chi connectivity index (χ4n) is 1.64. The third-order valence-corrected chi connectivity index (χ3v) is 4.43. The highest BCUT2D eigenvalue weighted by Crippen LogP contribution is 2.34. The molecule has 0 atom stereocenters. The van der Waals surface area contributed by atoms with Crippen LogP contribution in [0.1, 0.15) is 23.7 Å². The molecule has 0 fully saturated rings. The average molecular weight is 311 g/mol. The highest BCUT2D eigenvalue weighted by atomic mass is 35.5. The van der Waals surface area contributed by atoms with Gasteiger partial charge in [-0.3, -0.25) is 4.79 Å². The predicted molar refractivity (Wildman–Crippen MR) is 81.6 cm³/mol. The zero-order valence-corrected chi connectivity index (χ0v) is 12.6. The van der Waals surface area contributed by atoms with E-state index in [9.17, 15) is 4.79 Å². The van der Waals surface area contributed by atoms with Crippen molar-refractivity contribution in [3.8, 4) is 0 Å². The molecule has 0 heterocycles. The van der Waals surface area contributed by atoms with Crippen molar-refractivity contribution in [3.05, 3.63) is 58.1 Å². The fraction of sp³-hybridized carbons (Fsp3) is 0.133. The SMILES string of the molecule is CCC(=O)c1ccccc1Sc1ccc(Cl)c(Cl)c1. The monoisotopic (exact) mass is 310 g/mol. The lowest BCUT2D eigenvalue weighted by atomic mass is 10.1. The molecule has 0 saturated carbocycles. The van der Waals surface area contributed by atoms with Crippen molar-refractivity contribution >= 4 is 40.7 Å². The van der Waals surface area contributed by atoms with E-state index < -0.39 is 0 Å². The molecule has 0 aromatic heterocycles. The Bertz CT molecular complexity index is 611. The van der Waals surface area contributed by atoms with Crippen LogP contribution in [0.15, 0.2) is 52.3 Å². The van der Waals surface area contributed by atoms with Gasteiger partial charge in [0.25, 0.3) is 0 Å². The van der Waals surface area contributed by atoms with Crippen molar-refractivity contribution in [2.45, 2.75) is 23.1 Å². The number of halogens is 2. The van der Waals surface area contributed by atoms with Crippen molar-refractivity contribution in [2.24, 2.45) is 0 Å². The molecule has 0 N–H and O–H groups in total. The van der Waals surface area contributed by atoms with E-state index in [4.69, 9.17) is 23.2 Å². The molecule has 4 heteroatoms. The van der Waals surface area contributed by atoms with Gasteiger partial charge in [-0.1, -0.05) is 60.1 Å². The van der Waals surface area contributed by atoms with Crippen LogP contribution in [-0.2, 0) is 0 Å². The van der Waals surface area contributed by atoms with Crippen LogP contribution < -0.4 is 0 Å². The Kier molecular flexibility index (Phi) is 4.92. The van der Waals surface area contributed by atoms with Crippen LogP contribution in [0.3, 0.4) is 0 Å². The minimum atomic E-state index is 0.142. The van der Waals surface area contributed by atoms with Crippen LogP contribution in [0.25, 0.3) is 0 Å². The molecule has 0 saturated heterocycles. The first-order valence-electron chi connectivity index (χ1n) is 5.87. The van der Waals surface area contributed by atoms with Crippen molar-refractivity contribution in [1.82, 2.24) is 0 Å². The largest absolute Gasteiger partial charge is 0.294 e. The Balaban J connectivity index is 2.32. The summed E-state index contributed by atoms with van der Waals surface area (Å²) in [5, 5.41) is 1.05. The lowest BCUT2D eigenvalue weighted by Crippen LogP contribution is -1.98. The van der Waals surface area contributed by atoms with Gasteiger partial charge in [0.1, 0.15) is 0 Å². The van der Waals surface area contributed by atoms with Gasteiger partial charge in [-0.15, -0.1) is 0 Å². The molecule has 98 valence electrons. The quantitative estimate of drug-likeness (QED) is 0.670. The van der Waals surface area contributed by atoms with Gasteiger partial charge in [-0.05, 0) is 24.3 Å². The minimum Gasteiger partial charge on any atom is -0.294 e. The number of Topliss-reactive ketones (excluding diaryl/α,β-unsaturated/α-hetero) is 1. The van der Waals surface area contributed by atoms with Crippen molar-refractivity contribution in [1.29, 1.82) is 0 Å². The molecule has 2 aromatic carbocycles. The lowest BCUT2D eigenvalue weighted by Gasteiger charge is -2.08. The second kappa shape index (κ2) is 6.47. The first-order valence-corrected chi connectivity index (χ1v) is 7.44. The van der Waals surface area contributed by atoms with Gasteiger partial charge in [-0.2, -0.15) is 0 Å². The molecule has 0 aliphatic heterocycles. The van der Waals surface area contributed by atoms with Gasteiger partial charge in [0.05, 0.1) is 10.0 Å². The summed E-state index contributed by atoms with van der Waals surface area (Å²) in [5.74, 6) is 0.142. The minimum absolute atomic E-state index is 0.142. The van der Waals surface area contributed by atoms with Gasteiger partial charge in [0.15, 0.2) is 5.78 Å². The summed E-state index contributed by atoms with van der Waals surface area (Å²) in [4.78, 5) is 13.8. The molecule has 2 rings (SSSR count). The summed E-state index contributed by atoms with van der Waals surface area (Å²) >= 11 is 13.4. The third kappa shape index (κ3) is 3.53. The fourth-order valence-corrected chi connectivity index (χ4v) is 3.01. The second-order valence-electron chi connectivity index (χ2n) is 3.95. The lowest BCUT2D eigenvalue weighted by molar-refractivity contribution is 0.0985. The number of ketones is 1. The molecule has 0 amide bonds. The topological polar surface area (TPSA) is 17.1 Å². The normalized spacial score (nSPS) is 10.5. The van der Waals surface area contributed by atoms with E-state index in [1.54, 1.807) is 6.07 Å². The first kappa shape index (κ1) is 14.4. The molecule has 2 aromatic rings. The predicted octanol–water partition coefficient (Wildman–Crippen LogP) is 5.74. The van der Waals surface area contributed by atoms with Crippen LogP contribution >= 0.6 is 35.0 Å². The number of hydrogen-bond acceptors (Lipinski definition) is 2. The molecule has 0 bridgehead atoms. The van der Waals surface area contributed by atoms with Gasteiger partial charge in [0, 0.05) is 21.8 Å². The Hall–Kier alpha value is -0.960. The third-order valence-electron chi connectivity index (χ3n) is 2.63. The summed E-state index contributed by atoms with van der Waals surface area (Å²) in [6.07, 6.45) is 0.499. The maximum Gasteiger partial charge on any atom is 0.163 e. The average Bonchev–Trinajstić information content (AvgIpc) is 2.43. The number of carbonyl (C=O) groups is 1. The van der Waals surface area contributed by atoms with E-state index in [0.717, 1.165) is 15.4 Å². The van der Waals surface area contributed by atoms with Gasteiger partial charge in [-0.25, -0.2) is 0 Å². The van der Waals surface area contributed by atoms with Crippen LogP contribution in [0.2, 0.25) is 10.0 Å². The Morgan fingerprint density at radius 3 is 2.53 bits per heavy atom. The van der Waals surface area contributed by atoms with Crippen molar-refractivity contribution in [2.75, 3.05) is 0 Å².